The summed E-state index contributed by atoms with van der Waals surface area (Å²) in [5.74, 6) is 1.39. The van der Waals surface area contributed by atoms with Gasteiger partial charge in [0.05, 0.1) is 0 Å². The van der Waals surface area contributed by atoms with Crippen molar-refractivity contribution in [3.8, 4) is 0 Å². The van der Waals surface area contributed by atoms with Crippen molar-refractivity contribution in [1.82, 2.24) is 0 Å². The van der Waals surface area contributed by atoms with E-state index >= 15 is 0 Å². The van der Waals surface area contributed by atoms with Gasteiger partial charge in [0.25, 0.3) is 0 Å². The molecule has 0 nitrogen and oxygen atoms in total. The van der Waals surface area contributed by atoms with Crippen molar-refractivity contribution < 1.29 is 0 Å². The zero-order valence-electron chi connectivity index (χ0n) is 16.1. The van der Waals surface area contributed by atoms with Crippen molar-refractivity contribution in [2.24, 2.45) is 11.8 Å². The van der Waals surface area contributed by atoms with E-state index in [9.17, 15) is 0 Å². The van der Waals surface area contributed by atoms with Crippen LogP contribution < -0.4 is 15.6 Å². The first kappa shape index (κ1) is 17.5. The molecule has 0 heterocycles. The fraction of sp³-hybridized carbons (Fsp3) is 0.185. The van der Waals surface area contributed by atoms with E-state index in [0.29, 0.717) is 17.4 Å². The summed E-state index contributed by atoms with van der Waals surface area (Å²) in [5.41, 5.74) is 0.696. The third-order valence-electron chi connectivity index (χ3n) is 6.79. The number of allylic oxidation sites excluding steroid dienone is 4. The molecule has 0 saturated heterocycles. The Hall–Kier alpha value is -2.64. The summed E-state index contributed by atoms with van der Waals surface area (Å²) in [6, 6.07) is 34.1. The Labute approximate surface area is 169 Å². The quantitative estimate of drug-likeness (QED) is 0.457. The van der Waals surface area contributed by atoms with Crippen molar-refractivity contribution in [2.45, 2.75) is 18.4 Å². The summed E-state index contributed by atoms with van der Waals surface area (Å²) >= 11 is 0. The predicted molar refractivity (Wildman–Crippen MR) is 122 cm³/mol. The predicted octanol–water partition coefficient (Wildman–Crippen LogP) is 4.68. The molecule has 2 aliphatic carbocycles. The second-order valence-corrected chi connectivity index (χ2v) is 12.3. The van der Waals surface area contributed by atoms with Gasteiger partial charge in [-0.15, -0.1) is 0 Å². The molecular weight excluding hydrogens is 352 g/mol. The zero-order valence-corrected chi connectivity index (χ0v) is 17.1. The minimum absolute atomic E-state index is 0.693. The largest absolute Gasteiger partial charge is 0.151 e. The van der Waals surface area contributed by atoms with Gasteiger partial charge in [-0.1, -0.05) is 115 Å². The molecule has 0 aromatic heterocycles. The van der Waals surface area contributed by atoms with Crippen LogP contribution >= 0.6 is 0 Å². The summed E-state index contributed by atoms with van der Waals surface area (Å²) in [6.45, 7) is 0. The molecule has 0 aliphatic heterocycles. The van der Waals surface area contributed by atoms with Crippen LogP contribution in [0.4, 0.5) is 0 Å². The molecule has 0 radical (unpaired) electrons. The first-order chi connectivity index (χ1) is 13.9. The fourth-order valence-electron chi connectivity index (χ4n) is 5.62. The lowest BCUT2D eigenvalue weighted by atomic mass is 9.92. The lowest BCUT2D eigenvalue weighted by molar-refractivity contribution is 0.552. The molecular formula is C27H26Si. The van der Waals surface area contributed by atoms with Crippen molar-refractivity contribution in [3.63, 3.8) is 0 Å². The minimum atomic E-state index is -2.15. The van der Waals surface area contributed by atoms with Crippen molar-refractivity contribution in [3.05, 3.63) is 115 Å². The van der Waals surface area contributed by atoms with Crippen LogP contribution in [0.15, 0.2) is 115 Å². The van der Waals surface area contributed by atoms with Crippen LogP contribution in [0.3, 0.4) is 0 Å². The van der Waals surface area contributed by atoms with E-state index in [-0.39, 0.29) is 0 Å². The molecule has 1 fully saturated rings. The molecule has 1 heteroatoms. The summed E-state index contributed by atoms with van der Waals surface area (Å²) < 4.78 is 0. The third kappa shape index (κ3) is 2.82. The van der Waals surface area contributed by atoms with E-state index in [1.807, 2.05) is 0 Å². The molecule has 2 unspecified atom stereocenters. The molecule has 3 aromatic carbocycles. The summed E-state index contributed by atoms with van der Waals surface area (Å²) in [4.78, 5) is 0. The highest BCUT2D eigenvalue weighted by Gasteiger charge is 2.50. The van der Waals surface area contributed by atoms with Gasteiger partial charge in [-0.3, -0.25) is 0 Å². The number of fused-ring (bicyclic) bond motifs is 1. The van der Waals surface area contributed by atoms with E-state index in [1.165, 1.54) is 12.8 Å². The molecule has 0 amide bonds. The average Bonchev–Trinajstić information content (AvgIpc) is 3.21. The van der Waals surface area contributed by atoms with Gasteiger partial charge >= 0.3 is 0 Å². The maximum atomic E-state index is 2.45. The van der Waals surface area contributed by atoms with Crippen molar-refractivity contribution >= 4 is 23.6 Å². The van der Waals surface area contributed by atoms with E-state index in [1.54, 1.807) is 15.6 Å². The van der Waals surface area contributed by atoms with Gasteiger partial charge < -0.3 is 0 Å². The first-order valence-electron chi connectivity index (χ1n) is 10.4. The monoisotopic (exact) mass is 378 g/mol. The minimum Gasteiger partial charge on any atom is -0.0808 e. The molecule has 2 aliphatic rings. The number of hydrogen-bond donors (Lipinski definition) is 0. The molecule has 138 valence electrons. The Kier molecular flexibility index (Phi) is 4.62. The topological polar surface area (TPSA) is 0 Å². The molecule has 28 heavy (non-hydrogen) atoms. The number of rotatable bonds is 4. The maximum absolute atomic E-state index is 2.45. The summed E-state index contributed by atoms with van der Waals surface area (Å²) in [6.07, 6.45) is 12.0. The average molecular weight is 379 g/mol. The van der Waals surface area contributed by atoms with Crippen molar-refractivity contribution in [2.75, 3.05) is 0 Å². The van der Waals surface area contributed by atoms with E-state index in [0.717, 1.165) is 0 Å². The van der Waals surface area contributed by atoms with Gasteiger partial charge in [0.1, 0.15) is 0 Å². The Morgan fingerprint density at radius 3 is 1.21 bits per heavy atom. The zero-order chi connectivity index (χ0) is 18.8. The summed E-state index contributed by atoms with van der Waals surface area (Å²) in [7, 11) is -2.15. The second-order valence-electron chi connectivity index (χ2n) is 8.17. The van der Waals surface area contributed by atoms with Crippen molar-refractivity contribution in [1.29, 1.82) is 0 Å². The van der Waals surface area contributed by atoms with E-state index in [4.69, 9.17) is 0 Å². The van der Waals surface area contributed by atoms with Gasteiger partial charge in [0, 0.05) is 0 Å². The molecule has 3 aromatic rings. The van der Waals surface area contributed by atoms with Crippen LogP contribution in [0.2, 0.25) is 5.54 Å². The molecule has 0 bridgehead atoms. The fourth-order valence-corrected chi connectivity index (χ4v) is 11.4. The highest BCUT2D eigenvalue weighted by Crippen LogP contribution is 2.47. The van der Waals surface area contributed by atoms with Gasteiger partial charge in [-0.25, -0.2) is 0 Å². The lowest BCUT2D eigenvalue weighted by Gasteiger charge is -2.39. The molecule has 0 spiro atoms. The Morgan fingerprint density at radius 1 is 0.500 bits per heavy atom. The second kappa shape index (κ2) is 7.41. The third-order valence-corrected chi connectivity index (χ3v) is 12.2. The summed E-state index contributed by atoms with van der Waals surface area (Å²) in [5, 5.41) is 4.64. The molecule has 5 rings (SSSR count). The first-order valence-corrected chi connectivity index (χ1v) is 12.5. The smallest absolute Gasteiger partial charge is 0.0808 e. The van der Waals surface area contributed by atoms with E-state index in [2.05, 4.69) is 115 Å². The SMILES string of the molecule is C1=CC2CC([Si](c3ccccc3)(c3ccccc3)c3ccccc3)CC2C=C1. The Morgan fingerprint density at radius 2 is 0.857 bits per heavy atom. The highest BCUT2D eigenvalue weighted by molar-refractivity contribution is 7.12. The van der Waals surface area contributed by atoms with Crippen LogP contribution in [-0.4, -0.2) is 8.07 Å². The number of hydrogen-bond acceptors (Lipinski definition) is 0. The molecule has 1 saturated carbocycles. The molecule has 2 atom stereocenters. The Bertz CT molecular complexity index is 856. The van der Waals surface area contributed by atoms with Gasteiger partial charge in [-0.2, -0.15) is 0 Å². The van der Waals surface area contributed by atoms with Gasteiger partial charge in [-0.05, 0) is 45.8 Å². The lowest BCUT2D eigenvalue weighted by Crippen LogP contribution is -2.69. The molecule has 0 N–H and O–H groups in total. The van der Waals surface area contributed by atoms with Gasteiger partial charge in [0.15, 0.2) is 8.07 Å². The number of benzene rings is 3. The van der Waals surface area contributed by atoms with Crippen LogP contribution in [0.1, 0.15) is 12.8 Å². The van der Waals surface area contributed by atoms with E-state index < -0.39 is 8.07 Å². The van der Waals surface area contributed by atoms with Gasteiger partial charge in [0.2, 0.25) is 0 Å². The standard InChI is InChI=1S/C27H26Si/c1-4-14-24(15-5-1)28(25-16-6-2-7-17-25,26-18-8-3-9-19-26)27-20-22-12-10-11-13-23(22)21-27/h1-19,22-23,27H,20-21H2. The van der Waals surface area contributed by atoms with Crippen LogP contribution in [0.25, 0.3) is 0 Å². The highest BCUT2D eigenvalue weighted by atomic mass is 28.3. The van der Waals surface area contributed by atoms with Crippen LogP contribution in [-0.2, 0) is 0 Å². The normalized spacial score (nSPS) is 23.5. The van der Waals surface area contributed by atoms with Crippen LogP contribution in [0, 0.1) is 11.8 Å². The Balaban J connectivity index is 1.76. The maximum Gasteiger partial charge on any atom is 0.151 e. The van der Waals surface area contributed by atoms with Crippen LogP contribution in [0.5, 0.6) is 0 Å².